The molecule has 16 rings (SSSR count). The largest absolute Gasteiger partial charge is 0.508 e. The second-order valence-corrected chi connectivity index (χ2v) is 28.3. The summed E-state index contributed by atoms with van der Waals surface area (Å²) in [6.07, 6.45) is 18.2. The number of ether oxygens (including phenoxy) is 2. The summed E-state index contributed by atoms with van der Waals surface area (Å²) >= 11 is 0. The number of carbonyl (C=O) groups is 2. The molecule has 0 radical (unpaired) electrons. The van der Waals surface area contributed by atoms with E-state index < -0.39 is 28.5 Å². The smallest absolute Gasteiger partial charge is 0.340 e. The maximum Gasteiger partial charge on any atom is 0.340 e. The number of esters is 2. The second kappa shape index (κ2) is 23.7. The molecule has 6 aliphatic heterocycles. The number of carbonyl (C=O) groups excluding carboxylic acids is 2. The molecule has 14 bridgehead atoms. The zero-order valence-corrected chi connectivity index (χ0v) is 50.9. The van der Waals surface area contributed by atoms with Gasteiger partial charge in [0.2, 0.25) is 0 Å². The van der Waals surface area contributed by atoms with Gasteiger partial charge in [-0.2, -0.15) is 0 Å². The molecule has 1 spiro atoms. The Hall–Kier alpha value is -6.14. The fourth-order valence-corrected chi connectivity index (χ4v) is 19.0. The Bertz CT molecular complexity index is 3510. The van der Waals surface area contributed by atoms with Crippen molar-refractivity contribution < 1.29 is 39.5 Å². The highest BCUT2D eigenvalue weighted by molar-refractivity contribution is 6.07. The van der Waals surface area contributed by atoms with Gasteiger partial charge in [-0.15, -0.1) is 0 Å². The standard InChI is InChI=1S/C75H88N4O8/c1-72(84)27-10-17-54(74(85)28-6-7-29-74)39-52-42-73(53-25-33-78-64(40-53)76-2)30-23-62-59-21-20-58-57-22-31-75(67(58)66(59)70(82)86-62)63(38-48(26-34-80)35-46-11-4-3-5-12-46)87-71(83)68(75)65(57)60-41-55(81)18-19-56(60)50-15-9-14-49(37-50)44-77-32-24-47-13-8-16-51(36-47)69(79-45-72)61(52)43-73/h3-5,8-9,11-16,18-19,23,36-38,41,48,52-54,57-58,61,64,67,69,76-81,84-85H,6-7,20-22,24-35,39-40,42-45H2,1-2H3. The van der Waals surface area contributed by atoms with E-state index in [9.17, 15) is 20.4 Å². The summed E-state index contributed by atoms with van der Waals surface area (Å²) in [5.74, 6) is 7.37. The molecule has 13 atom stereocenters. The summed E-state index contributed by atoms with van der Waals surface area (Å²) in [4.78, 5) is 30.9. The SMILES string of the molecule is CNC1CC(C23CC=C4OC(=O)C5=C4CCC4C6CCC7(C(=CC(CCO)Cc8ccccc8)OC(=O)C7=C6c6cc(O)ccc6-c6cccc(c6)CNCCc6cccc(c6)C6NCC(C)(O)CC#CC(C7(O)CCCC7)CC(C2)C6C3)C54)CCN1. The summed E-state index contributed by atoms with van der Waals surface area (Å²) in [6, 6.07) is 33.4. The summed E-state index contributed by atoms with van der Waals surface area (Å²) < 4.78 is 13.5. The molecule has 0 aromatic heterocycles. The van der Waals surface area contributed by atoms with E-state index in [0.29, 0.717) is 80.2 Å². The van der Waals surface area contributed by atoms with Gasteiger partial charge in [0.25, 0.3) is 0 Å². The van der Waals surface area contributed by atoms with Crippen molar-refractivity contribution in [3.8, 4) is 28.7 Å². The van der Waals surface area contributed by atoms with Gasteiger partial charge >= 0.3 is 11.9 Å². The molecule has 12 aliphatic rings. The molecule has 6 aliphatic carbocycles. The predicted octanol–water partition coefficient (Wildman–Crippen LogP) is 11.1. The zero-order valence-electron chi connectivity index (χ0n) is 50.9. The molecule has 13 unspecified atom stereocenters. The van der Waals surface area contributed by atoms with Crippen LogP contribution in [0.3, 0.4) is 0 Å². The lowest BCUT2D eigenvalue weighted by atomic mass is 9.44. The lowest BCUT2D eigenvalue weighted by molar-refractivity contribution is -0.135. The number of phenols is 1. The van der Waals surface area contributed by atoms with E-state index in [1.54, 1.807) is 6.07 Å². The van der Waals surface area contributed by atoms with Crippen LogP contribution in [-0.4, -0.2) is 83.0 Å². The molecule has 4 aromatic rings. The minimum Gasteiger partial charge on any atom is -0.508 e. The molecular weight excluding hydrogens is 1080 g/mol. The average Bonchev–Trinajstić information content (AvgIpc) is 1.62. The Balaban J connectivity index is 0.952. The van der Waals surface area contributed by atoms with Gasteiger partial charge in [-0.3, -0.25) is 0 Å². The Morgan fingerprint density at radius 1 is 0.816 bits per heavy atom. The Morgan fingerprint density at radius 2 is 1.66 bits per heavy atom. The fourth-order valence-electron chi connectivity index (χ4n) is 19.0. The van der Waals surface area contributed by atoms with Crippen LogP contribution in [0.15, 0.2) is 137 Å². The minimum absolute atomic E-state index is 0.0387. The third kappa shape index (κ3) is 10.8. The van der Waals surface area contributed by atoms with Crippen LogP contribution in [-0.2, 0) is 38.4 Å². The lowest BCUT2D eigenvalue weighted by Gasteiger charge is -2.56. The van der Waals surface area contributed by atoms with Crippen molar-refractivity contribution in [2.24, 2.45) is 58.2 Å². The number of phenolic OH excluding ortho intramolecular Hbond substituents is 1. The van der Waals surface area contributed by atoms with E-state index in [0.717, 1.165) is 129 Å². The molecule has 12 nitrogen and oxygen atoms in total. The summed E-state index contributed by atoms with van der Waals surface area (Å²) in [5.41, 5.74) is 7.32. The van der Waals surface area contributed by atoms with Gasteiger partial charge in [-0.25, -0.2) is 9.59 Å². The van der Waals surface area contributed by atoms with Crippen molar-refractivity contribution in [3.63, 3.8) is 0 Å². The van der Waals surface area contributed by atoms with E-state index in [1.807, 2.05) is 44.3 Å². The van der Waals surface area contributed by atoms with Gasteiger partial charge in [0, 0.05) is 55.1 Å². The maximum absolute atomic E-state index is 15.5. The van der Waals surface area contributed by atoms with Crippen molar-refractivity contribution in [1.82, 2.24) is 21.3 Å². The van der Waals surface area contributed by atoms with Gasteiger partial charge in [-0.1, -0.05) is 104 Å². The van der Waals surface area contributed by atoms with Gasteiger partial charge in [-0.05, 0) is 239 Å². The van der Waals surface area contributed by atoms with Crippen LogP contribution in [0.5, 0.6) is 5.75 Å². The monoisotopic (exact) mass is 1170 g/mol. The fraction of sp³-hybridized carbons (Fsp3) is 0.520. The van der Waals surface area contributed by atoms with E-state index >= 15 is 9.59 Å². The highest BCUT2D eigenvalue weighted by atomic mass is 16.6. The molecule has 8 N–H and O–H groups in total. The molecule has 0 amide bonds. The van der Waals surface area contributed by atoms with Crippen molar-refractivity contribution >= 4 is 17.5 Å². The van der Waals surface area contributed by atoms with Crippen molar-refractivity contribution in [1.29, 1.82) is 0 Å². The molecule has 5 fully saturated rings. The third-order valence-corrected chi connectivity index (χ3v) is 23.1. The van der Waals surface area contributed by atoms with E-state index in [1.165, 1.54) is 11.1 Å². The number of β-amino-alcohol motifs (C(OH)–C–C–N with tert-alkyl or cyclic N) is 1. The van der Waals surface area contributed by atoms with Crippen molar-refractivity contribution in [2.45, 2.75) is 152 Å². The van der Waals surface area contributed by atoms with Crippen molar-refractivity contribution in [2.75, 3.05) is 33.3 Å². The number of hydrogen-bond donors (Lipinski definition) is 8. The van der Waals surface area contributed by atoms with Crippen LogP contribution >= 0.6 is 0 Å². The van der Waals surface area contributed by atoms with Crippen LogP contribution in [0.1, 0.15) is 144 Å². The number of piperidine rings is 1. The normalized spacial score (nSPS) is 34.4. The highest BCUT2D eigenvalue weighted by Gasteiger charge is 2.69. The molecule has 2 saturated heterocycles. The van der Waals surface area contributed by atoms with Crippen LogP contribution in [0.2, 0.25) is 0 Å². The lowest BCUT2D eigenvalue weighted by Crippen LogP contribution is -2.52. The van der Waals surface area contributed by atoms with Gasteiger partial charge < -0.3 is 51.2 Å². The Morgan fingerprint density at radius 3 is 2.49 bits per heavy atom. The van der Waals surface area contributed by atoms with Crippen molar-refractivity contribution in [3.05, 3.63) is 165 Å². The first-order valence-corrected chi connectivity index (χ1v) is 33.0. The quantitative estimate of drug-likeness (QED) is 0.0619. The first kappa shape index (κ1) is 58.5. The van der Waals surface area contributed by atoms with Crippen LogP contribution in [0.25, 0.3) is 16.7 Å². The maximum atomic E-state index is 15.5. The highest BCUT2D eigenvalue weighted by Crippen LogP contribution is 2.72. The molecule has 12 heteroatoms. The number of fused-ring (bicyclic) bond motifs is 5. The number of allylic oxidation sites excluding steroid dienone is 5. The van der Waals surface area contributed by atoms with Crippen LogP contribution in [0, 0.1) is 70.0 Å². The number of aliphatic hydroxyl groups excluding tert-OH is 1. The summed E-state index contributed by atoms with van der Waals surface area (Å²) in [6.45, 7) is 4.49. The Labute approximate surface area is 513 Å². The predicted molar refractivity (Wildman–Crippen MR) is 337 cm³/mol. The molecule has 456 valence electrons. The number of hydrogen-bond acceptors (Lipinski definition) is 12. The van der Waals surface area contributed by atoms with Gasteiger partial charge in [0.15, 0.2) is 0 Å². The molecule has 87 heavy (non-hydrogen) atoms. The molecule has 4 aromatic carbocycles. The Kier molecular flexibility index (Phi) is 15.9. The minimum atomic E-state index is -1.10. The average molecular weight is 1170 g/mol. The number of rotatable bonds is 8. The molecular formula is C75H88N4O8. The summed E-state index contributed by atoms with van der Waals surface area (Å²) in [7, 11) is 2.05. The third-order valence-electron chi connectivity index (χ3n) is 23.1. The molecule has 6 heterocycles. The second-order valence-electron chi connectivity index (χ2n) is 28.3. The first-order chi connectivity index (χ1) is 42.2. The van der Waals surface area contributed by atoms with Crippen LogP contribution in [0.4, 0.5) is 0 Å². The summed E-state index contributed by atoms with van der Waals surface area (Å²) in [5, 5.41) is 62.1. The number of benzene rings is 4. The van der Waals surface area contributed by atoms with E-state index in [2.05, 4.69) is 106 Å². The first-order valence-electron chi connectivity index (χ1n) is 33.0. The van der Waals surface area contributed by atoms with E-state index in [4.69, 9.17) is 9.47 Å². The van der Waals surface area contributed by atoms with Gasteiger partial charge in [0.1, 0.15) is 17.3 Å². The zero-order chi connectivity index (χ0) is 59.7. The number of nitrogens with one attached hydrogen (secondary N) is 4. The van der Waals surface area contributed by atoms with E-state index in [-0.39, 0.29) is 71.5 Å². The van der Waals surface area contributed by atoms with Crippen LogP contribution < -0.4 is 21.3 Å². The number of aromatic hydroxyl groups is 1. The molecule has 3 saturated carbocycles. The number of cyclic esters (lactones) is 1. The van der Waals surface area contributed by atoms with Gasteiger partial charge in [0.05, 0.1) is 28.4 Å². The number of aliphatic hydroxyl groups is 3. The topological polar surface area (TPSA) is 182 Å².